The van der Waals surface area contributed by atoms with Gasteiger partial charge < -0.3 is 9.47 Å². The lowest BCUT2D eigenvalue weighted by atomic mass is 10.2. The first-order valence-electron chi connectivity index (χ1n) is 5.88. The highest BCUT2D eigenvalue weighted by molar-refractivity contribution is 5.75. The van der Waals surface area contributed by atoms with Gasteiger partial charge in [-0.3, -0.25) is 4.79 Å². The molecule has 0 spiro atoms. The fraction of sp³-hybridized carbons (Fsp3) is 0.133. The third-order valence-electron chi connectivity index (χ3n) is 2.45. The molecule has 0 aliphatic rings. The average molecular weight is 260 g/mol. The van der Waals surface area contributed by atoms with E-state index >= 15 is 0 Å². The lowest BCUT2D eigenvalue weighted by molar-refractivity contribution is 0.112. The Hall–Kier alpha value is -2.36. The zero-order valence-electron chi connectivity index (χ0n) is 10.4. The molecule has 0 atom stereocenters. The SMILES string of the molecule is CCOc1ccc(Oc2ccc(C=O)cc2F)cc1. The van der Waals surface area contributed by atoms with Gasteiger partial charge in [0.05, 0.1) is 6.61 Å². The molecule has 0 saturated carbocycles. The van der Waals surface area contributed by atoms with Crippen LogP contribution in [0, 0.1) is 5.82 Å². The zero-order chi connectivity index (χ0) is 13.7. The number of rotatable bonds is 5. The number of ether oxygens (including phenoxy) is 2. The zero-order valence-corrected chi connectivity index (χ0v) is 10.4. The van der Waals surface area contributed by atoms with E-state index in [4.69, 9.17) is 9.47 Å². The van der Waals surface area contributed by atoms with E-state index in [-0.39, 0.29) is 11.3 Å². The highest BCUT2D eigenvalue weighted by Gasteiger charge is 2.06. The molecule has 2 rings (SSSR count). The van der Waals surface area contributed by atoms with Gasteiger partial charge in [0.2, 0.25) is 0 Å². The topological polar surface area (TPSA) is 35.5 Å². The Morgan fingerprint density at radius 2 is 1.79 bits per heavy atom. The minimum Gasteiger partial charge on any atom is -0.494 e. The molecule has 0 aliphatic heterocycles. The van der Waals surface area contributed by atoms with Crippen molar-refractivity contribution in [1.82, 2.24) is 0 Å². The van der Waals surface area contributed by atoms with Gasteiger partial charge >= 0.3 is 0 Å². The van der Waals surface area contributed by atoms with Crippen molar-refractivity contribution in [2.24, 2.45) is 0 Å². The van der Waals surface area contributed by atoms with Crippen LogP contribution in [0.4, 0.5) is 4.39 Å². The molecular formula is C15H13FO3. The first kappa shape index (κ1) is 13.1. The summed E-state index contributed by atoms with van der Waals surface area (Å²) in [6.45, 7) is 2.48. The minimum absolute atomic E-state index is 0.0785. The standard InChI is InChI=1S/C15H13FO3/c1-2-18-12-4-6-13(7-5-12)19-15-8-3-11(10-17)9-14(15)16/h3-10H,2H2,1H3. The fourth-order valence-corrected chi connectivity index (χ4v) is 1.57. The summed E-state index contributed by atoms with van der Waals surface area (Å²) in [6.07, 6.45) is 0.587. The maximum atomic E-state index is 13.6. The number of aldehydes is 1. The summed E-state index contributed by atoms with van der Waals surface area (Å²) in [7, 11) is 0. The van der Waals surface area contributed by atoms with Gasteiger partial charge in [-0.05, 0) is 49.4 Å². The Balaban J connectivity index is 2.14. The molecule has 98 valence electrons. The van der Waals surface area contributed by atoms with Crippen molar-refractivity contribution in [1.29, 1.82) is 0 Å². The van der Waals surface area contributed by atoms with Crippen molar-refractivity contribution in [2.75, 3.05) is 6.61 Å². The molecule has 0 N–H and O–H groups in total. The third-order valence-corrected chi connectivity index (χ3v) is 2.45. The van der Waals surface area contributed by atoms with Gasteiger partial charge in [-0.1, -0.05) is 0 Å². The average Bonchev–Trinajstić information content (AvgIpc) is 2.43. The second-order valence-electron chi connectivity index (χ2n) is 3.81. The number of carbonyl (C=O) groups excluding carboxylic acids is 1. The van der Waals surface area contributed by atoms with Crippen molar-refractivity contribution in [3.8, 4) is 17.2 Å². The molecule has 0 fully saturated rings. The van der Waals surface area contributed by atoms with Crippen LogP contribution in [0.3, 0.4) is 0 Å². The summed E-state index contributed by atoms with van der Waals surface area (Å²) >= 11 is 0. The van der Waals surface area contributed by atoms with Crippen LogP contribution in [0.1, 0.15) is 17.3 Å². The molecule has 0 radical (unpaired) electrons. The van der Waals surface area contributed by atoms with Gasteiger partial charge in [-0.2, -0.15) is 0 Å². The van der Waals surface area contributed by atoms with E-state index < -0.39 is 5.82 Å². The molecule has 0 heterocycles. The Morgan fingerprint density at radius 3 is 2.37 bits per heavy atom. The predicted molar refractivity (Wildman–Crippen MR) is 69.5 cm³/mol. The van der Waals surface area contributed by atoms with E-state index in [2.05, 4.69) is 0 Å². The Morgan fingerprint density at radius 1 is 1.11 bits per heavy atom. The van der Waals surface area contributed by atoms with E-state index in [0.29, 0.717) is 18.6 Å². The maximum Gasteiger partial charge on any atom is 0.166 e. The van der Waals surface area contributed by atoms with Crippen LogP contribution in [-0.4, -0.2) is 12.9 Å². The maximum absolute atomic E-state index is 13.6. The molecule has 19 heavy (non-hydrogen) atoms. The smallest absolute Gasteiger partial charge is 0.166 e. The Kier molecular flexibility index (Phi) is 4.13. The van der Waals surface area contributed by atoms with E-state index in [1.165, 1.54) is 12.1 Å². The predicted octanol–water partition coefficient (Wildman–Crippen LogP) is 3.83. The summed E-state index contributed by atoms with van der Waals surface area (Å²) in [5.41, 5.74) is 0.275. The van der Waals surface area contributed by atoms with Crippen LogP contribution in [0.25, 0.3) is 0 Å². The Bertz CT molecular complexity index is 564. The fourth-order valence-electron chi connectivity index (χ4n) is 1.57. The van der Waals surface area contributed by atoms with E-state index in [9.17, 15) is 9.18 Å². The second-order valence-corrected chi connectivity index (χ2v) is 3.81. The largest absolute Gasteiger partial charge is 0.494 e. The van der Waals surface area contributed by atoms with Gasteiger partial charge in [0.15, 0.2) is 11.6 Å². The van der Waals surface area contributed by atoms with Gasteiger partial charge in [0, 0.05) is 5.56 Å². The molecule has 2 aromatic carbocycles. The van der Waals surface area contributed by atoms with Crippen molar-refractivity contribution in [3.63, 3.8) is 0 Å². The van der Waals surface area contributed by atoms with Crippen LogP contribution < -0.4 is 9.47 Å². The summed E-state index contributed by atoms with van der Waals surface area (Å²) in [5.74, 6) is 0.737. The summed E-state index contributed by atoms with van der Waals surface area (Å²) in [6, 6.07) is 10.9. The molecule has 0 unspecified atom stereocenters. The van der Waals surface area contributed by atoms with E-state index in [1.54, 1.807) is 24.3 Å². The molecule has 3 nitrogen and oxygen atoms in total. The van der Waals surface area contributed by atoms with E-state index in [0.717, 1.165) is 11.8 Å². The van der Waals surface area contributed by atoms with Crippen LogP contribution in [0.5, 0.6) is 17.2 Å². The van der Waals surface area contributed by atoms with Gasteiger partial charge in [0.25, 0.3) is 0 Å². The molecular weight excluding hydrogens is 247 g/mol. The number of benzene rings is 2. The summed E-state index contributed by atoms with van der Waals surface area (Å²) in [4.78, 5) is 10.5. The highest BCUT2D eigenvalue weighted by atomic mass is 19.1. The first-order valence-corrected chi connectivity index (χ1v) is 5.88. The molecule has 0 amide bonds. The van der Waals surface area contributed by atoms with Crippen LogP contribution in [0.2, 0.25) is 0 Å². The summed E-state index contributed by atoms with van der Waals surface area (Å²) < 4.78 is 24.3. The highest BCUT2D eigenvalue weighted by Crippen LogP contribution is 2.26. The molecule has 0 saturated heterocycles. The molecule has 4 heteroatoms. The number of halogens is 1. The lowest BCUT2D eigenvalue weighted by Gasteiger charge is -2.08. The van der Waals surface area contributed by atoms with E-state index in [1.807, 2.05) is 6.92 Å². The molecule has 0 bridgehead atoms. The van der Waals surface area contributed by atoms with Crippen molar-refractivity contribution < 1.29 is 18.7 Å². The lowest BCUT2D eigenvalue weighted by Crippen LogP contribution is -1.92. The van der Waals surface area contributed by atoms with Crippen molar-refractivity contribution in [3.05, 3.63) is 53.8 Å². The monoisotopic (exact) mass is 260 g/mol. The normalized spacial score (nSPS) is 10.0. The minimum atomic E-state index is -0.571. The quantitative estimate of drug-likeness (QED) is 0.766. The van der Waals surface area contributed by atoms with Crippen LogP contribution in [-0.2, 0) is 0 Å². The van der Waals surface area contributed by atoms with Gasteiger partial charge in [0.1, 0.15) is 17.8 Å². The number of carbonyl (C=O) groups is 1. The number of hydrogen-bond acceptors (Lipinski definition) is 3. The first-order chi connectivity index (χ1) is 9.22. The molecule has 2 aromatic rings. The van der Waals surface area contributed by atoms with Gasteiger partial charge in [-0.15, -0.1) is 0 Å². The Labute approximate surface area is 110 Å². The van der Waals surface area contributed by atoms with Gasteiger partial charge in [-0.25, -0.2) is 4.39 Å². The summed E-state index contributed by atoms with van der Waals surface area (Å²) in [5, 5.41) is 0. The van der Waals surface area contributed by atoms with Crippen LogP contribution in [0.15, 0.2) is 42.5 Å². The van der Waals surface area contributed by atoms with Crippen LogP contribution >= 0.6 is 0 Å². The molecule has 0 aromatic heterocycles. The number of hydrogen-bond donors (Lipinski definition) is 0. The second kappa shape index (κ2) is 6.00. The third kappa shape index (κ3) is 3.31. The molecule has 0 aliphatic carbocycles. The van der Waals surface area contributed by atoms with Crippen molar-refractivity contribution >= 4 is 6.29 Å². The van der Waals surface area contributed by atoms with Crippen molar-refractivity contribution in [2.45, 2.75) is 6.92 Å².